The Morgan fingerprint density at radius 2 is 1.79 bits per heavy atom. The van der Waals surface area contributed by atoms with Gasteiger partial charge < -0.3 is 15.0 Å². The van der Waals surface area contributed by atoms with E-state index < -0.39 is 5.97 Å². The van der Waals surface area contributed by atoms with Crippen molar-refractivity contribution in [2.45, 2.75) is 38.6 Å². The molecule has 0 saturated heterocycles. The Bertz CT molecular complexity index is 714. The number of carboxylic acids is 1. The normalized spacial score (nSPS) is 20.8. The molecule has 0 aliphatic heterocycles. The van der Waals surface area contributed by atoms with E-state index in [9.17, 15) is 9.59 Å². The molecule has 3 rings (SSSR count). The SMILES string of the molecule is O=C(O)C1CCC(C(=O)NCCCn2ccc3ccccc32)CC1. The van der Waals surface area contributed by atoms with Crippen LogP contribution in [0.4, 0.5) is 0 Å². The van der Waals surface area contributed by atoms with E-state index >= 15 is 0 Å². The number of hydrogen-bond acceptors (Lipinski definition) is 2. The maximum absolute atomic E-state index is 12.2. The number of rotatable bonds is 6. The number of para-hydroxylation sites is 1. The van der Waals surface area contributed by atoms with E-state index in [2.05, 4.69) is 34.3 Å². The van der Waals surface area contributed by atoms with E-state index in [4.69, 9.17) is 5.11 Å². The van der Waals surface area contributed by atoms with Gasteiger partial charge in [-0.3, -0.25) is 9.59 Å². The summed E-state index contributed by atoms with van der Waals surface area (Å²) >= 11 is 0. The second kappa shape index (κ2) is 7.51. The molecular weight excluding hydrogens is 304 g/mol. The van der Waals surface area contributed by atoms with Crippen molar-refractivity contribution in [1.29, 1.82) is 0 Å². The maximum atomic E-state index is 12.2. The van der Waals surface area contributed by atoms with Crippen molar-refractivity contribution >= 4 is 22.8 Å². The van der Waals surface area contributed by atoms with Gasteiger partial charge in [0.15, 0.2) is 0 Å². The number of carboxylic acid groups (broad SMARTS) is 1. The Balaban J connectivity index is 1.40. The zero-order valence-electron chi connectivity index (χ0n) is 13.8. The van der Waals surface area contributed by atoms with E-state index in [1.54, 1.807) is 0 Å². The van der Waals surface area contributed by atoms with Crippen LogP contribution >= 0.6 is 0 Å². The molecule has 1 amide bonds. The van der Waals surface area contributed by atoms with E-state index in [0.717, 1.165) is 13.0 Å². The number of hydrogen-bond donors (Lipinski definition) is 2. The van der Waals surface area contributed by atoms with Gasteiger partial charge in [0.2, 0.25) is 5.91 Å². The predicted molar refractivity (Wildman–Crippen MR) is 92.6 cm³/mol. The van der Waals surface area contributed by atoms with Crippen molar-refractivity contribution < 1.29 is 14.7 Å². The number of nitrogens with one attached hydrogen (secondary N) is 1. The number of aromatic nitrogens is 1. The van der Waals surface area contributed by atoms with Gasteiger partial charge in [-0.25, -0.2) is 0 Å². The van der Waals surface area contributed by atoms with E-state index in [1.807, 2.05) is 12.1 Å². The first-order chi connectivity index (χ1) is 11.6. The van der Waals surface area contributed by atoms with Crippen LogP contribution in [0.1, 0.15) is 32.1 Å². The monoisotopic (exact) mass is 328 g/mol. The fourth-order valence-electron chi connectivity index (χ4n) is 3.54. The summed E-state index contributed by atoms with van der Waals surface area (Å²) in [5.74, 6) is -0.937. The van der Waals surface area contributed by atoms with Crippen LogP contribution in [0.15, 0.2) is 36.5 Å². The molecule has 1 saturated carbocycles. The maximum Gasteiger partial charge on any atom is 0.306 e. The van der Waals surface area contributed by atoms with Gasteiger partial charge in [0.1, 0.15) is 0 Å². The Kier molecular flexibility index (Phi) is 5.18. The molecule has 1 aromatic heterocycles. The molecule has 2 aromatic rings. The van der Waals surface area contributed by atoms with Gasteiger partial charge in [-0.05, 0) is 49.6 Å². The van der Waals surface area contributed by atoms with Crippen molar-refractivity contribution in [3.63, 3.8) is 0 Å². The van der Waals surface area contributed by atoms with Crippen LogP contribution in [-0.4, -0.2) is 28.1 Å². The molecule has 1 heterocycles. The first kappa shape index (κ1) is 16.6. The summed E-state index contributed by atoms with van der Waals surface area (Å²) in [4.78, 5) is 23.1. The Morgan fingerprint density at radius 3 is 2.54 bits per heavy atom. The van der Waals surface area contributed by atoms with Crippen molar-refractivity contribution in [3.8, 4) is 0 Å². The summed E-state index contributed by atoms with van der Waals surface area (Å²) in [5, 5.41) is 13.2. The average Bonchev–Trinajstić information content (AvgIpc) is 3.02. The lowest BCUT2D eigenvalue weighted by Gasteiger charge is -2.25. The highest BCUT2D eigenvalue weighted by atomic mass is 16.4. The van der Waals surface area contributed by atoms with Gasteiger partial charge in [0, 0.05) is 30.7 Å². The molecule has 5 nitrogen and oxygen atoms in total. The summed E-state index contributed by atoms with van der Waals surface area (Å²) in [7, 11) is 0. The number of aliphatic carboxylic acids is 1. The van der Waals surface area contributed by atoms with Crippen molar-refractivity contribution in [2.75, 3.05) is 6.54 Å². The minimum absolute atomic E-state index is 0.0204. The zero-order valence-corrected chi connectivity index (χ0v) is 13.8. The summed E-state index contributed by atoms with van der Waals surface area (Å²) in [6.07, 6.45) is 5.57. The van der Waals surface area contributed by atoms with Gasteiger partial charge in [-0.1, -0.05) is 18.2 Å². The molecule has 1 aliphatic rings. The molecule has 2 N–H and O–H groups in total. The highest BCUT2D eigenvalue weighted by Gasteiger charge is 2.29. The molecule has 0 atom stereocenters. The summed E-state index contributed by atoms with van der Waals surface area (Å²) in [5.41, 5.74) is 1.22. The van der Waals surface area contributed by atoms with Gasteiger partial charge in [0.25, 0.3) is 0 Å². The minimum atomic E-state index is -0.729. The first-order valence-corrected chi connectivity index (χ1v) is 8.69. The molecule has 1 fully saturated rings. The predicted octanol–water partition coefficient (Wildman–Crippen LogP) is 3.04. The van der Waals surface area contributed by atoms with E-state index in [0.29, 0.717) is 32.2 Å². The van der Waals surface area contributed by atoms with Crippen molar-refractivity contribution in [2.24, 2.45) is 11.8 Å². The fraction of sp³-hybridized carbons (Fsp3) is 0.474. The molecule has 128 valence electrons. The molecule has 1 aromatic carbocycles. The number of fused-ring (bicyclic) bond motifs is 1. The van der Waals surface area contributed by atoms with Gasteiger partial charge in [0.05, 0.1) is 5.92 Å². The number of carbonyl (C=O) groups excluding carboxylic acids is 1. The third-order valence-electron chi connectivity index (χ3n) is 5.00. The molecule has 1 aliphatic carbocycles. The Hall–Kier alpha value is -2.30. The molecule has 0 radical (unpaired) electrons. The summed E-state index contributed by atoms with van der Waals surface area (Å²) in [6, 6.07) is 10.4. The standard InChI is InChI=1S/C19H24N2O3/c22-18(15-6-8-16(9-7-15)19(23)24)20-11-3-12-21-13-10-14-4-1-2-5-17(14)21/h1-2,4-5,10,13,15-16H,3,6-9,11-12H2,(H,20,22)(H,23,24). The lowest BCUT2D eigenvalue weighted by Crippen LogP contribution is -2.35. The third-order valence-corrected chi connectivity index (χ3v) is 5.00. The Labute approximate surface area is 141 Å². The molecule has 0 spiro atoms. The van der Waals surface area contributed by atoms with Crippen LogP contribution in [0.3, 0.4) is 0 Å². The van der Waals surface area contributed by atoms with Crippen LogP contribution in [0, 0.1) is 11.8 Å². The largest absolute Gasteiger partial charge is 0.481 e. The average molecular weight is 328 g/mol. The van der Waals surface area contributed by atoms with Gasteiger partial charge >= 0.3 is 5.97 Å². The van der Waals surface area contributed by atoms with Crippen molar-refractivity contribution in [1.82, 2.24) is 9.88 Å². The highest BCUT2D eigenvalue weighted by molar-refractivity contribution is 5.80. The van der Waals surface area contributed by atoms with E-state index in [1.165, 1.54) is 10.9 Å². The number of benzene rings is 1. The lowest BCUT2D eigenvalue weighted by molar-refractivity contribution is -0.144. The quantitative estimate of drug-likeness (QED) is 0.801. The number of amides is 1. The number of aryl methyl sites for hydroxylation is 1. The summed E-state index contributed by atoms with van der Waals surface area (Å²) < 4.78 is 2.21. The zero-order chi connectivity index (χ0) is 16.9. The second-order valence-corrected chi connectivity index (χ2v) is 6.60. The van der Waals surface area contributed by atoms with Crippen LogP contribution in [0.25, 0.3) is 10.9 Å². The van der Waals surface area contributed by atoms with Gasteiger partial charge in [-0.2, -0.15) is 0 Å². The van der Waals surface area contributed by atoms with E-state index in [-0.39, 0.29) is 17.7 Å². The van der Waals surface area contributed by atoms with Gasteiger partial charge in [-0.15, -0.1) is 0 Å². The fourth-order valence-corrected chi connectivity index (χ4v) is 3.54. The molecular formula is C19H24N2O3. The van der Waals surface area contributed by atoms with Crippen LogP contribution in [0.2, 0.25) is 0 Å². The smallest absolute Gasteiger partial charge is 0.306 e. The minimum Gasteiger partial charge on any atom is -0.481 e. The molecule has 0 unspecified atom stereocenters. The molecule has 5 heteroatoms. The molecule has 24 heavy (non-hydrogen) atoms. The third kappa shape index (κ3) is 3.78. The Morgan fingerprint density at radius 1 is 1.08 bits per heavy atom. The second-order valence-electron chi connectivity index (χ2n) is 6.60. The lowest BCUT2D eigenvalue weighted by atomic mass is 9.81. The van der Waals surface area contributed by atoms with Crippen LogP contribution in [-0.2, 0) is 16.1 Å². The topological polar surface area (TPSA) is 71.3 Å². The summed E-state index contributed by atoms with van der Waals surface area (Å²) in [6.45, 7) is 1.53. The molecule has 0 bridgehead atoms. The van der Waals surface area contributed by atoms with Crippen LogP contribution in [0.5, 0.6) is 0 Å². The van der Waals surface area contributed by atoms with Crippen LogP contribution < -0.4 is 5.32 Å². The first-order valence-electron chi connectivity index (χ1n) is 8.69. The number of nitrogens with zero attached hydrogens (tertiary/aromatic N) is 1. The highest BCUT2D eigenvalue weighted by Crippen LogP contribution is 2.29. The van der Waals surface area contributed by atoms with Crippen molar-refractivity contribution in [3.05, 3.63) is 36.5 Å². The number of carbonyl (C=O) groups is 2.